The van der Waals surface area contributed by atoms with Crippen molar-refractivity contribution in [2.45, 2.75) is 26.1 Å². The van der Waals surface area contributed by atoms with Gasteiger partial charge in [0.2, 0.25) is 10.3 Å². The standard InChI is InChI=1S/C24H24N6O4S3/c31-13-15-5-1-3-7-17(15)21(33)25-23-29-27-19(36-23)9-11-35-12-10-20-28-30-24(37-20)26-22(34)18-8-4-2-6-16(18)14-32/h1-8,31-32H,9-14H2,(H,25,29,33)(H,26,30,34). The minimum atomic E-state index is -0.327. The van der Waals surface area contributed by atoms with E-state index in [1.807, 2.05) is 0 Å². The molecule has 0 saturated heterocycles. The zero-order valence-electron chi connectivity index (χ0n) is 19.6. The lowest BCUT2D eigenvalue weighted by molar-refractivity contribution is 0.101. The van der Waals surface area contributed by atoms with Crippen LogP contribution in [0.15, 0.2) is 48.5 Å². The van der Waals surface area contributed by atoms with Crippen molar-refractivity contribution in [3.8, 4) is 0 Å². The molecule has 4 rings (SSSR count). The Morgan fingerprint density at radius 1 is 0.703 bits per heavy atom. The summed E-state index contributed by atoms with van der Waals surface area (Å²) in [7, 11) is 0. The largest absolute Gasteiger partial charge is 0.392 e. The number of rotatable bonds is 12. The maximum Gasteiger partial charge on any atom is 0.257 e. The van der Waals surface area contributed by atoms with Crippen molar-refractivity contribution in [3.63, 3.8) is 0 Å². The Morgan fingerprint density at radius 3 is 1.57 bits per heavy atom. The molecule has 0 radical (unpaired) electrons. The van der Waals surface area contributed by atoms with Gasteiger partial charge >= 0.3 is 0 Å². The zero-order chi connectivity index (χ0) is 26.0. The van der Waals surface area contributed by atoms with Crippen LogP contribution in [-0.4, -0.2) is 53.9 Å². The molecular formula is C24H24N6O4S3. The first kappa shape index (κ1) is 26.8. The third kappa shape index (κ3) is 7.40. The van der Waals surface area contributed by atoms with Gasteiger partial charge in [-0.05, 0) is 34.8 Å². The summed E-state index contributed by atoms with van der Waals surface area (Å²) in [6, 6.07) is 13.7. The van der Waals surface area contributed by atoms with Gasteiger partial charge in [-0.2, -0.15) is 11.8 Å². The van der Waals surface area contributed by atoms with Gasteiger partial charge in [0.15, 0.2) is 0 Å². The average Bonchev–Trinajstić information content (AvgIpc) is 3.57. The number of amides is 2. The van der Waals surface area contributed by atoms with Crippen LogP contribution < -0.4 is 10.6 Å². The highest BCUT2D eigenvalue weighted by Crippen LogP contribution is 2.21. The van der Waals surface area contributed by atoms with Crippen molar-refractivity contribution < 1.29 is 19.8 Å². The van der Waals surface area contributed by atoms with E-state index in [1.54, 1.807) is 60.3 Å². The van der Waals surface area contributed by atoms with Gasteiger partial charge in [-0.3, -0.25) is 20.2 Å². The summed E-state index contributed by atoms with van der Waals surface area (Å²) in [4.78, 5) is 24.9. The summed E-state index contributed by atoms with van der Waals surface area (Å²) in [5.41, 5.74) is 1.93. The van der Waals surface area contributed by atoms with E-state index >= 15 is 0 Å². The van der Waals surface area contributed by atoms with Crippen LogP contribution in [0.1, 0.15) is 41.9 Å². The molecule has 0 aliphatic rings. The van der Waals surface area contributed by atoms with Gasteiger partial charge in [-0.15, -0.1) is 20.4 Å². The molecule has 0 unspecified atom stereocenters. The van der Waals surface area contributed by atoms with Crippen LogP contribution in [0.5, 0.6) is 0 Å². The third-order valence-corrected chi connectivity index (χ3v) is 7.94. The van der Waals surface area contributed by atoms with E-state index in [2.05, 4.69) is 31.0 Å². The van der Waals surface area contributed by atoms with Crippen LogP contribution in [-0.2, 0) is 26.1 Å². The molecular weight excluding hydrogens is 533 g/mol. The lowest BCUT2D eigenvalue weighted by Gasteiger charge is -2.05. The molecule has 0 saturated carbocycles. The fraction of sp³-hybridized carbons (Fsp3) is 0.250. The smallest absolute Gasteiger partial charge is 0.257 e. The number of benzene rings is 2. The molecule has 2 amide bonds. The zero-order valence-corrected chi connectivity index (χ0v) is 22.0. The molecule has 13 heteroatoms. The van der Waals surface area contributed by atoms with Crippen molar-refractivity contribution in [2.24, 2.45) is 0 Å². The molecule has 2 aromatic carbocycles. The Kier molecular flexibility index (Phi) is 9.68. The second-order valence-electron chi connectivity index (χ2n) is 7.65. The average molecular weight is 557 g/mol. The number of aliphatic hydroxyl groups excluding tert-OH is 2. The lowest BCUT2D eigenvalue weighted by Crippen LogP contribution is -2.14. The number of aliphatic hydroxyl groups is 2. The van der Waals surface area contributed by atoms with Gasteiger partial charge < -0.3 is 10.2 Å². The van der Waals surface area contributed by atoms with Crippen LogP contribution in [0.3, 0.4) is 0 Å². The number of hydrogen-bond donors (Lipinski definition) is 4. The van der Waals surface area contributed by atoms with Gasteiger partial charge in [-0.1, -0.05) is 59.1 Å². The number of thioether (sulfide) groups is 1. The summed E-state index contributed by atoms with van der Waals surface area (Å²) in [5.74, 6) is 1.01. The van der Waals surface area contributed by atoms with E-state index in [1.165, 1.54) is 22.7 Å². The Labute approximate surface area is 225 Å². The fourth-order valence-electron chi connectivity index (χ4n) is 3.32. The number of aryl methyl sites for hydroxylation is 2. The van der Waals surface area contributed by atoms with Crippen LogP contribution in [0.25, 0.3) is 0 Å². The number of nitrogens with zero attached hydrogens (tertiary/aromatic N) is 4. The van der Waals surface area contributed by atoms with E-state index < -0.39 is 0 Å². The minimum Gasteiger partial charge on any atom is -0.392 e. The summed E-state index contributed by atoms with van der Waals surface area (Å²) < 4.78 is 0. The molecule has 4 N–H and O–H groups in total. The molecule has 2 aromatic heterocycles. The highest BCUT2D eigenvalue weighted by Gasteiger charge is 2.15. The number of hydrogen-bond acceptors (Lipinski definition) is 11. The summed E-state index contributed by atoms with van der Waals surface area (Å²) in [5, 5.41) is 43.2. The maximum atomic E-state index is 12.5. The van der Waals surface area contributed by atoms with Crippen LogP contribution in [0.4, 0.5) is 10.3 Å². The second-order valence-corrected chi connectivity index (χ2v) is 11.0. The Morgan fingerprint density at radius 2 is 1.14 bits per heavy atom. The number of carbonyl (C=O) groups excluding carboxylic acids is 2. The number of anilines is 2. The molecule has 0 aliphatic heterocycles. The predicted molar refractivity (Wildman–Crippen MR) is 145 cm³/mol. The highest BCUT2D eigenvalue weighted by molar-refractivity contribution is 7.99. The van der Waals surface area contributed by atoms with Gasteiger partial charge in [0.25, 0.3) is 11.8 Å². The monoisotopic (exact) mass is 556 g/mol. The van der Waals surface area contributed by atoms with Gasteiger partial charge in [0.05, 0.1) is 13.2 Å². The summed E-state index contributed by atoms with van der Waals surface area (Å²) >= 11 is 4.39. The Hall–Kier alpha value is -3.23. The first-order chi connectivity index (χ1) is 18.1. The molecule has 0 fully saturated rings. The number of nitrogens with one attached hydrogen (secondary N) is 2. The molecule has 192 valence electrons. The highest BCUT2D eigenvalue weighted by atomic mass is 32.2. The fourth-order valence-corrected chi connectivity index (χ4v) is 5.93. The van der Waals surface area contributed by atoms with Crippen molar-refractivity contribution in [2.75, 3.05) is 22.1 Å². The lowest BCUT2D eigenvalue weighted by atomic mass is 10.1. The Bertz CT molecular complexity index is 1260. The van der Waals surface area contributed by atoms with Crippen molar-refractivity contribution >= 4 is 56.5 Å². The molecule has 0 aliphatic carbocycles. The topological polar surface area (TPSA) is 150 Å². The van der Waals surface area contributed by atoms with E-state index in [-0.39, 0.29) is 25.0 Å². The molecule has 10 nitrogen and oxygen atoms in total. The summed E-state index contributed by atoms with van der Waals surface area (Å²) in [6.07, 6.45) is 1.43. The van der Waals surface area contributed by atoms with E-state index in [0.717, 1.165) is 21.5 Å². The molecule has 0 atom stereocenters. The number of carbonyl (C=O) groups is 2. The quantitative estimate of drug-likeness (QED) is 0.193. The molecule has 0 spiro atoms. The maximum absolute atomic E-state index is 12.5. The normalized spacial score (nSPS) is 10.9. The molecule has 37 heavy (non-hydrogen) atoms. The number of aromatic nitrogens is 4. The summed E-state index contributed by atoms with van der Waals surface area (Å²) in [6.45, 7) is -0.428. The van der Waals surface area contributed by atoms with Crippen LogP contribution in [0.2, 0.25) is 0 Å². The van der Waals surface area contributed by atoms with E-state index in [4.69, 9.17) is 0 Å². The van der Waals surface area contributed by atoms with Crippen LogP contribution >= 0.6 is 34.4 Å². The van der Waals surface area contributed by atoms with Crippen LogP contribution in [0, 0.1) is 0 Å². The van der Waals surface area contributed by atoms with Gasteiger partial charge in [0, 0.05) is 24.0 Å². The minimum absolute atomic E-state index is 0.214. The van der Waals surface area contributed by atoms with Gasteiger partial charge in [-0.25, -0.2) is 0 Å². The first-order valence-corrected chi connectivity index (χ1v) is 14.1. The molecule has 0 bridgehead atoms. The predicted octanol–water partition coefficient (Wildman–Crippen LogP) is 3.40. The third-order valence-electron chi connectivity index (χ3n) is 5.16. The van der Waals surface area contributed by atoms with Crippen molar-refractivity contribution in [1.82, 2.24) is 20.4 Å². The first-order valence-electron chi connectivity index (χ1n) is 11.3. The van der Waals surface area contributed by atoms with E-state index in [0.29, 0.717) is 45.4 Å². The second kappa shape index (κ2) is 13.4. The SMILES string of the molecule is O=C(Nc1nnc(CCSCCc2nnc(NC(=O)c3ccccc3CO)s2)s1)c1ccccc1CO. The molecule has 4 aromatic rings. The Balaban J connectivity index is 1.18. The van der Waals surface area contributed by atoms with Crippen molar-refractivity contribution in [1.29, 1.82) is 0 Å². The van der Waals surface area contributed by atoms with Gasteiger partial charge in [0.1, 0.15) is 10.0 Å². The van der Waals surface area contributed by atoms with Crippen molar-refractivity contribution in [3.05, 3.63) is 80.8 Å². The van der Waals surface area contributed by atoms with E-state index in [9.17, 15) is 19.8 Å². The molecule has 2 heterocycles.